The Morgan fingerprint density at radius 3 is 2.85 bits per heavy atom. The quantitative estimate of drug-likeness (QED) is 0.833. The number of hydrogen-bond donors (Lipinski definition) is 1. The van der Waals surface area contributed by atoms with E-state index in [1.807, 2.05) is 6.07 Å². The molecule has 1 atom stereocenters. The zero-order chi connectivity index (χ0) is 18.3. The fourth-order valence-corrected chi connectivity index (χ4v) is 4.49. The maximum Gasteiger partial charge on any atom is 0.207 e. The number of aromatic nitrogens is 1. The predicted octanol–water partition coefficient (Wildman–Crippen LogP) is 2.71. The Bertz CT molecular complexity index is 855. The van der Waals surface area contributed by atoms with Crippen molar-refractivity contribution in [3.63, 3.8) is 0 Å². The second-order valence-corrected chi connectivity index (χ2v) is 7.62. The van der Waals surface area contributed by atoms with Crippen molar-refractivity contribution in [3.05, 3.63) is 41.0 Å². The highest BCUT2D eigenvalue weighted by Gasteiger charge is 2.43. The molecule has 1 unspecified atom stereocenters. The number of carbonyl (C=O) groups excluding carboxylic acids is 1. The highest BCUT2D eigenvalue weighted by Crippen LogP contribution is 2.40. The molecular weight excluding hydrogens is 328 g/mol. The van der Waals surface area contributed by atoms with Gasteiger partial charge < -0.3 is 10.0 Å². The number of pyridine rings is 1. The molecule has 2 aliphatic heterocycles. The summed E-state index contributed by atoms with van der Waals surface area (Å²) in [5, 5.41) is 10.8. The van der Waals surface area contributed by atoms with E-state index < -0.39 is 5.60 Å². The minimum Gasteiger partial charge on any atom is -0.385 e. The number of aliphatic hydroxyl groups is 1. The van der Waals surface area contributed by atoms with Gasteiger partial charge in [-0.1, -0.05) is 0 Å². The Morgan fingerprint density at radius 2 is 2.12 bits per heavy atom. The number of anilines is 1. The molecule has 1 N–H and O–H groups in total. The monoisotopic (exact) mass is 350 g/mol. The van der Waals surface area contributed by atoms with Gasteiger partial charge in [0.05, 0.1) is 18.7 Å². The molecule has 1 aliphatic carbocycles. The molecule has 26 heavy (non-hydrogen) atoms. The van der Waals surface area contributed by atoms with Gasteiger partial charge in [-0.05, 0) is 31.4 Å². The van der Waals surface area contributed by atoms with Crippen LogP contribution in [0.4, 0.5) is 11.4 Å². The molecule has 0 bridgehead atoms. The highest BCUT2D eigenvalue weighted by molar-refractivity contribution is 6.08. The molecule has 1 saturated heterocycles. The van der Waals surface area contributed by atoms with Gasteiger partial charge in [0.15, 0.2) is 0 Å². The van der Waals surface area contributed by atoms with E-state index in [2.05, 4.69) is 14.7 Å². The van der Waals surface area contributed by atoms with Crippen LogP contribution in [0.15, 0.2) is 34.6 Å². The predicted molar refractivity (Wildman–Crippen MR) is 99.6 cm³/mol. The SMILES string of the molecule is [C-]#[N+]c1cncc(N2CCC(C3=NCC4=C3C(C)(O)CC(=O)C4)CC2)c1. The van der Waals surface area contributed by atoms with Crippen molar-refractivity contribution in [2.45, 2.75) is 38.2 Å². The summed E-state index contributed by atoms with van der Waals surface area (Å²) in [6.07, 6.45) is 5.91. The lowest BCUT2D eigenvalue weighted by molar-refractivity contribution is -0.122. The first-order chi connectivity index (χ1) is 12.5. The zero-order valence-corrected chi connectivity index (χ0v) is 14.9. The van der Waals surface area contributed by atoms with Gasteiger partial charge in [0.25, 0.3) is 0 Å². The number of carbonyl (C=O) groups is 1. The Hall–Kier alpha value is -2.52. The van der Waals surface area contributed by atoms with Gasteiger partial charge in [0.2, 0.25) is 5.69 Å². The number of nitrogens with zero attached hydrogens (tertiary/aromatic N) is 4. The van der Waals surface area contributed by atoms with Gasteiger partial charge in [0.1, 0.15) is 5.78 Å². The molecule has 0 spiro atoms. The third kappa shape index (κ3) is 2.93. The summed E-state index contributed by atoms with van der Waals surface area (Å²) < 4.78 is 0. The Kier molecular flexibility index (Phi) is 4.12. The molecule has 1 fully saturated rings. The van der Waals surface area contributed by atoms with Crippen molar-refractivity contribution in [1.29, 1.82) is 0 Å². The summed E-state index contributed by atoms with van der Waals surface area (Å²) in [4.78, 5) is 26.5. The fourth-order valence-electron chi connectivity index (χ4n) is 4.49. The largest absolute Gasteiger partial charge is 0.385 e. The molecule has 3 aliphatic rings. The number of hydrogen-bond acceptors (Lipinski definition) is 5. The standard InChI is InChI=1S/C20H22N4O2/c1-20(26)9-17(25)7-14-10-23-19(18(14)20)13-3-5-24(6-4-13)16-8-15(21-2)11-22-12-16/h8,11-13,26H,3-7,9-10H2,1H3. The molecule has 4 rings (SSSR count). The smallest absolute Gasteiger partial charge is 0.207 e. The molecule has 3 heterocycles. The first-order valence-electron chi connectivity index (χ1n) is 9.06. The molecule has 134 valence electrons. The molecule has 0 amide bonds. The third-order valence-electron chi connectivity index (χ3n) is 5.63. The van der Waals surface area contributed by atoms with E-state index in [0.29, 0.717) is 24.6 Å². The molecule has 0 radical (unpaired) electrons. The Balaban J connectivity index is 1.49. The van der Waals surface area contributed by atoms with Crippen molar-refractivity contribution in [3.8, 4) is 0 Å². The molecule has 0 saturated carbocycles. The second-order valence-electron chi connectivity index (χ2n) is 7.62. The molecular formula is C20H22N4O2. The number of rotatable bonds is 2. The molecule has 6 nitrogen and oxygen atoms in total. The molecule has 1 aromatic heterocycles. The lowest BCUT2D eigenvalue weighted by Gasteiger charge is -2.37. The minimum absolute atomic E-state index is 0.104. The first-order valence-corrected chi connectivity index (χ1v) is 9.06. The van der Waals surface area contributed by atoms with Crippen LogP contribution in [0.3, 0.4) is 0 Å². The van der Waals surface area contributed by atoms with Crippen molar-refractivity contribution in [1.82, 2.24) is 4.98 Å². The Morgan fingerprint density at radius 1 is 1.35 bits per heavy atom. The van der Waals surface area contributed by atoms with Crippen LogP contribution in [-0.2, 0) is 4.79 Å². The zero-order valence-electron chi connectivity index (χ0n) is 14.9. The van der Waals surface area contributed by atoms with Crippen LogP contribution < -0.4 is 4.90 Å². The van der Waals surface area contributed by atoms with Crippen molar-refractivity contribution >= 4 is 22.9 Å². The van der Waals surface area contributed by atoms with Gasteiger partial charge in [-0.2, -0.15) is 0 Å². The average Bonchev–Trinajstić information content (AvgIpc) is 3.06. The normalized spacial score (nSPS) is 26.6. The summed E-state index contributed by atoms with van der Waals surface area (Å²) in [5.74, 6) is 0.419. The van der Waals surface area contributed by atoms with Gasteiger partial charge in [0, 0.05) is 61.2 Å². The van der Waals surface area contributed by atoms with E-state index in [-0.39, 0.29) is 12.2 Å². The van der Waals surface area contributed by atoms with Gasteiger partial charge >= 0.3 is 0 Å². The van der Waals surface area contributed by atoms with Crippen LogP contribution in [0.25, 0.3) is 4.85 Å². The lowest BCUT2D eigenvalue weighted by atomic mass is 9.74. The van der Waals surface area contributed by atoms with Crippen molar-refractivity contribution in [2.24, 2.45) is 10.9 Å². The van der Waals surface area contributed by atoms with E-state index in [9.17, 15) is 9.90 Å². The van der Waals surface area contributed by atoms with Gasteiger partial charge in [-0.3, -0.25) is 14.8 Å². The maximum absolute atomic E-state index is 11.9. The number of Topliss-reactive ketones (excluding diaryl/α,β-unsaturated/α-hetero) is 1. The van der Waals surface area contributed by atoms with E-state index >= 15 is 0 Å². The summed E-state index contributed by atoms with van der Waals surface area (Å²) in [7, 11) is 0. The van der Waals surface area contributed by atoms with E-state index in [1.54, 1.807) is 19.3 Å². The lowest BCUT2D eigenvalue weighted by Crippen LogP contribution is -2.42. The average molecular weight is 350 g/mol. The van der Waals surface area contributed by atoms with E-state index in [1.165, 1.54) is 0 Å². The molecule has 1 aromatic rings. The summed E-state index contributed by atoms with van der Waals surface area (Å²) in [5.41, 5.74) is 3.43. The van der Waals surface area contributed by atoms with Gasteiger partial charge in [-0.25, -0.2) is 4.85 Å². The van der Waals surface area contributed by atoms with Crippen LogP contribution in [0.1, 0.15) is 32.6 Å². The molecule has 0 aromatic carbocycles. The van der Waals surface area contributed by atoms with Crippen LogP contribution in [0.5, 0.6) is 0 Å². The Labute approximate surface area is 153 Å². The highest BCUT2D eigenvalue weighted by atomic mass is 16.3. The van der Waals surface area contributed by atoms with Crippen LogP contribution in [-0.4, -0.2) is 46.8 Å². The van der Waals surface area contributed by atoms with E-state index in [4.69, 9.17) is 11.6 Å². The van der Waals surface area contributed by atoms with Crippen LogP contribution in [0, 0.1) is 12.5 Å². The third-order valence-corrected chi connectivity index (χ3v) is 5.63. The van der Waals surface area contributed by atoms with Crippen molar-refractivity contribution in [2.75, 3.05) is 24.5 Å². The number of ketones is 1. The van der Waals surface area contributed by atoms with Crippen LogP contribution in [0.2, 0.25) is 0 Å². The van der Waals surface area contributed by atoms with Crippen LogP contribution >= 0.6 is 0 Å². The van der Waals surface area contributed by atoms with Gasteiger partial charge in [-0.15, -0.1) is 0 Å². The number of piperidine rings is 1. The summed E-state index contributed by atoms with van der Waals surface area (Å²) in [6, 6.07) is 1.88. The van der Waals surface area contributed by atoms with E-state index in [0.717, 1.165) is 48.5 Å². The van der Waals surface area contributed by atoms with Crippen molar-refractivity contribution < 1.29 is 9.90 Å². The summed E-state index contributed by atoms with van der Waals surface area (Å²) in [6.45, 7) is 11.2. The maximum atomic E-state index is 11.9. The topological polar surface area (TPSA) is 70.2 Å². The first kappa shape index (κ1) is 16.9. The second kappa shape index (κ2) is 6.33. The fraction of sp³-hybridized carbons (Fsp3) is 0.500. The summed E-state index contributed by atoms with van der Waals surface area (Å²) >= 11 is 0. The number of aliphatic imine (C=N–C) groups is 1. The minimum atomic E-state index is -1.08. The molecule has 6 heteroatoms.